The largest absolute Gasteiger partial charge is 0.480 e. The number of carbonyl (C=O) groups excluding carboxylic acids is 1. The molecule has 3 rings (SSSR count). The average Bonchev–Trinajstić information content (AvgIpc) is 3.03. The third-order valence-electron chi connectivity index (χ3n) is 3.77. The number of nitrogens with one attached hydrogen (secondary N) is 1. The number of aryl methyl sites for hydroxylation is 1. The molecule has 0 radical (unpaired) electrons. The van der Waals surface area contributed by atoms with E-state index in [1.54, 1.807) is 6.92 Å². The van der Waals surface area contributed by atoms with E-state index in [2.05, 4.69) is 31.4 Å². The van der Waals surface area contributed by atoms with E-state index in [-0.39, 0.29) is 5.91 Å². The van der Waals surface area contributed by atoms with Gasteiger partial charge in [0.05, 0.1) is 4.47 Å². The summed E-state index contributed by atoms with van der Waals surface area (Å²) in [5, 5.41) is 11.2. The van der Waals surface area contributed by atoms with Crippen LogP contribution in [0.1, 0.15) is 19.2 Å². The fourth-order valence-corrected chi connectivity index (χ4v) is 2.83. The SMILES string of the molecule is CC(Oc1ccccc1Br)C(=O)NCCCc1nnc2ccccn12. The molecular weight excluding hydrogens is 384 g/mol. The summed E-state index contributed by atoms with van der Waals surface area (Å²) in [6.45, 7) is 2.30. The van der Waals surface area contributed by atoms with Crippen molar-refractivity contribution in [2.45, 2.75) is 25.9 Å². The molecule has 1 amide bonds. The molecule has 0 aliphatic rings. The number of benzene rings is 1. The van der Waals surface area contributed by atoms with E-state index in [9.17, 15) is 4.79 Å². The zero-order chi connectivity index (χ0) is 17.6. The maximum atomic E-state index is 12.1. The van der Waals surface area contributed by atoms with Crippen LogP contribution < -0.4 is 10.1 Å². The Morgan fingerprint density at radius 2 is 2.04 bits per heavy atom. The Hall–Kier alpha value is -2.41. The summed E-state index contributed by atoms with van der Waals surface area (Å²) in [6, 6.07) is 13.3. The highest BCUT2D eigenvalue weighted by Gasteiger charge is 2.15. The highest BCUT2D eigenvalue weighted by atomic mass is 79.9. The van der Waals surface area contributed by atoms with Crippen LogP contribution in [0.2, 0.25) is 0 Å². The number of ether oxygens (including phenoxy) is 1. The smallest absolute Gasteiger partial charge is 0.260 e. The van der Waals surface area contributed by atoms with Gasteiger partial charge < -0.3 is 10.1 Å². The molecule has 2 aromatic heterocycles. The van der Waals surface area contributed by atoms with Crippen molar-refractivity contribution >= 4 is 27.5 Å². The van der Waals surface area contributed by atoms with Gasteiger partial charge >= 0.3 is 0 Å². The van der Waals surface area contributed by atoms with Gasteiger partial charge in [-0.15, -0.1) is 10.2 Å². The molecule has 0 aliphatic heterocycles. The number of aromatic nitrogens is 3. The van der Waals surface area contributed by atoms with Crippen LogP contribution in [0.3, 0.4) is 0 Å². The topological polar surface area (TPSA) is 68.5 Å². The first-order valence-corrected chi connectivity index (χ1v) is 8.92. The molecule has 3 aromatic rings. The average molecular weight is 403 g/mol. The van der Waals surface area contributed by atoms with Crippen molar-refractivity contribution in [1.82, 2.24) is 19.9 Å². The highest BCUT2D eigenvalue weighted by molar-refractivity contribution is 9.10. The predicted molar refractivity (Wildman–Crippen MR) is 98.5 cm³/mol. The molecule has 7 heteroatoms. The van der Waals surface area contributed by atoms with Gasteiger partial charge in [0.15, 0.2) is 11.8 Å². The number of amides is 1. The summed E-state index contributed by atoms with van der Waals surface area (Å²) >= 11 is 3.41. The van der Waals surface area contributed by atoms with Crippen molar-refractivity contribution in [3.8, 4) is 5.75 Å². The molecule has 6 nitrogen and oxygen atoms in total. The van der Waals surface area contributed by atoms with E-state index in [0.717, 1.165) is 28.8 Å². The molecule has 0 spiro atoms. The Bertz CT molecular complexity index is 865. The summed E-state index contributed by atoms with van der Waals surface area (Å²) in [5.74, 6) is 1.41. The molecule has 0 fully saturated rings. The summed E-state index contributed by atoms with van der Waals surface area (Å²) < 4.78 is 8.47. The van der Waals surface area contributed by atoms with Gasteiger partial charge in [-0.1, -0.05) is 18.2 Å². The van der Waals surface area contributed by atoms with Crippen molar-refractivity contribution in [1.29, 1.82) is 0 Å². The molecule has 130 valence electrons. The van der Waals surface area contributed by atoms with E-state index in [4.69, 9.17) is 4.74 Å². The third-order valence-corrected chi connectivity index (χ3v) is 4.43. The van der Waals surface area contributed by atoms with Crippen LogP contribution in [0.15, 0.2) is 53.1 Å². The molecule has 0 bridgehead atoms. The van der Waals surface area contributed by atoms with Gasteiger partial charge in [-0.05, 0) is 53.5 Å². The number of fused-ring (bicyclic) bond motifs is 1. The number of halogens is 1. The molecule has 0 aliphatic carbocycles. The van der Waals surface area contributed by atoms with Crippen LogP contribution in [0.25, 0.3) is 5.65 Å². The lowest BCUT2D eigenvalue weighted by Crippen LogP contribution is -2.37. The maximum Gasteiger partial charge on any atom is 0.260 e. The summed E-state index contributed by atoms with van der Waals surface area (Å²) in [5.41, 5.74) is 0.831. The van der Waals surface area contributed by atoms with E-state index in [1.807, 2.05) is 53.1 Å². The van der Waals surface area contributed by atoms with Crippen molar-refractivity contribution in [3.63, 3.8) is 0 Å². The lowest BCUT2D eigenvalue weighted by molar-refractivity contribution is -0.127. The number of para-hydroxylation sites is 1. The van der Waals surface area contributed by atoms with Gasteiger partial charge in [-0.25, -0.2) is 0 Å². The second-order valence-corrected chi connectivity index (χ2v) is 6.48. The second kappa shape index (κ2) is 8.11. The van der Waals surface area contributed by atoms with Gasteiger partial charge in [-0.3, -0.25) is 9.20 Å². The molecule has 25 heavy (non-hydrogen) atoms. The minimum Gasteiger partial charge on any atom is -0.480 e. The van der Waals surface area contributed by atoms with Gasteiger partial charge in [0.25, 0.3) is 5.91 Å². The van der Waals surface area contributed by atoms with Crippen LogP contribution in [0.5, 0.6) is 5.75 Å². The number of pyridine rings is 1. The molecular formula is C18H19BrN4O2. The van der Waals surface area contributed by atoms with Crippen LogP contribution in [-0.4, -0.2) is 33.2 Å². The minimum atomic E-state index is -0.562. The number of nitrogens with zero attached hydrogens (tertiary/aromatic N) is 3. The quantitative estimate of drug-likeness (QED) is 0.616. The van der Waals surface area contributed by atoms with E-state index < -0.39 is 6.10 Å². The molecule has 1 N–H and O–H groups in total. The minimum absolute atomic E-state index is 0.137. The molecule has 1 aromatic carbocycles. The Morgan fingerprint density at radius 1 is 1.24 bits per heavy atom. The van der Waals surface area contributed by atoms with E-state index >= 15 is 0 Å². The van der Waals surface area contributed by atoms with Crippen LogP contribution in [-0.2, 0) is 11.2 Å². The number of hydrogen-bond acceptors (Lipinski definition) is 4. The Morgan fingerprint density at radius 3 is 2.88 bits per heavy atom. The first-order valence-electron chi connectivity index (χ1n) is 8.12. The number of carbonyl (C=O) groups is 1. The van der Waals surface area contributed by atoms with Gasteiger partial charge in [0.2, 0.25) is 0 Å². The maximum absolute atomic E-state index is 12.1. The van der Waals surface area contributed by atoms with Crippen molar-refractivity contribution in [3.05, 3.63) is 59.0 Å². The molecule has 1 unspecified atom stereocenters. The fraction of sp³-hybridized carbons (Fsp3) is 0.278. The number of hydrogen-bond donors (Lipinski definition) is 1. The summed E-state index contributed by atoms with van der Waals surface area (Å²) in [6.07, 6.45) is 2.90. The molecule has 2 heterocycles. The third kappa shape index (κ3) is 4.36. The summed E-state index contributed by atoms with van der Waals surface area (Å²) in [7, 11) is 0. The van der Waals surface area contributed by atoms with Crippen molar-refractivity contribution < 1.29 is 9.53 Å². The van der Waals surface area contributed by atoms with Gasteiger partial charge in [0, 0.05) is 19.2 Å². The van der Waals surface area contributed by atoms with Crippen molar-refractivity contribution in [2.75, 3.05) is 6.54 Å². The Labute approximate surface area is 154 Å². The standard InChI is InChI=1S/C18H19BrN4O2/c1-13(25-15-8-3-2-7-14(15)19)18(24)20-11-6-10-17-22-21-16-9-4-5-12-23(16)17/h2-5,7-9,12-13H,6,10-11H2,1H3,(H,20,24). The van der Waals surface area contributed by atoms with Crippen LogP contribution in [0, 0.1) is 0 Å². The normalized spacial score (nSPS) is 12.1. The summed E-state index contributed by atoms with van der Waals surface area (Å²) in [4.78, 5) is 12.1. The lowest BCUT2D eigenvalue weighted by Gasteiger charge is -2.15. The molecule has 0 saturated carbocycles. The van der Waals surface area contributed by atoms with E-state index in [0.29, 0.717) is 12.3 Å². The monoisotopic (exact) mass is 402 g/mol. The Kier molecular flexibility index (Phi) is 5.65. The van der Waals surface area contributed by atoms with Crippen molar-refractivity contribution in [2.24, 2.45) is 0 Å². The first-order chi connectivity index (χ1) is 12.1. The lowest BCUT2D eigenvalue weighted by atomic mass is 10.2. The van der Waals surface area contributed by atoms with Crippen LogP contribution in [0.4, 0.5) is 0 Å². The molecule has 1 atom stereocenters. The van der Waals surface area contributed by atoms with Gasteiger partial charge in [0.1, 0.15) is 11.6 Å². The second-order valence-electron chi connectivity index (χ2n) is 5.63. The Balaban J connectivity index is 1.45. The van der Waals surface area contributed by atoms with Gasteiger partial charge in [-0.2, -0.15) is 0 Å². The highest BCUT2D eigenvalue weighted by Crippen LogP contribution is 2.24. The first kappa shape index (κ1) is 17.4. The molecule has 0 saturated heterocycles. The predicted octanol–water partition coefficient (Wildman–Crippen LogP) is 3.01. The number of rotatable bonds is 7. The van der Waals surface area contributed by atoms with Crippen LogP contribution >= 0.6 is 15.9 Å². The zero-order valence-electron chi connectivity index (χ0n) is 13.9. The fourth-order valence-electron chi connectivity index (χ4n) is 2.45. The van der Waals surface area contributed by atoms with E-state index in [1.165, 1.54) is 0 Å². The zero-order valence-corrected chi connectivity index (χ0v) is 15.4.